The van der Waals surface area contributed by atoms with Crippen LogP contribution in [0.4, 0.5) is 19.3 Å². The predicted octanol–water partition coefficient (Wildman–Crippen LogP) is 3.60. The van der Waals surface area contributed by atoms with Crippen LogP contribution >= 0.6 is 0 Å². The highest BCUT2D eigenvalue weighted by Crippen LogP contribution is 2.19. The zero-order valence-electron chi connectivity index (χ0n) is 11.0. The first kappa shape index (κ1) is 15.2. The summed E-state index contributed by atoms with van der Waals surface area (Å²) in [4.78, 5) is 11.6. The lowest BCUT2D eigenvalue weighted by atomic mass is 10.2. The van der Waals surface area contributed by atoms with E-state index in [1.54, 1.807) is 6.07 Å². The zero-order valence-corrected chi connectivity index (χ0v) is 11.0. The number of benzene rings is 1. The third-order valence-corrected chi connectivity index (χ3v) is 2.42. The molecule has 4 nitrogen and oxygen atoms in total. The van der Waals surface area contributed by atoms with E-state index in [1.165, 1.54) is 18.2 Å². The van der Waals surface area contributed by atoms with E-state index >= 15 is 0 Å². The number of carbonyl (C=O) groups is 1. The Morgan fingerprint density at radius 2 is 2.16 bits per heavy atom. The van der Waals surface area contributed by atoms with Gasteiger partial charge in [0.2, 0.25) is 0 Å². The molecule has 0 aliphatic carbocycles. The molecule has 0 saturated heterocycles. The number of rotatable bonds is 6. The van der Waals surface area contributed by atoms with E-state index < -0.39 is 6.61 Å². The highest BCUT2D eigenvalue weighted by atomic mass is 19.3. The van der Waals surface area contributed by atoms with E-state index in [-0.39, 0.29) is 17.8 Å². The summed E-state index contributed by atoms with van der Waals surface area (Å²) in [5.41, 5.74) is 0.402. The van der Waals surface area contributed by atoms with E-state index in [0.29, 0.717) is 5.69 Å². The summed E-state index contributed by atoms with van der Waals surface area (Å²) >= 11 is 0. The van der Waals surface area contributed by atoms with Crippen LogP contribution in [-0.2, 0) is 0 Å². The Bertz CT molecular complexity index is 413. The van der Waals surface area contributed by atoms with Gasteiger partial charge in [0.05, 0.1) is 0 Å². The minimum atomic E-state index is -2.88. The lowest BCUT2D eigenvalue weighted by molar-refractivity contribution is -0.0497. The Morgan fingerprint density at radius 3 is 2.79 bits per heavy atom. The smallest absolute Gasteiger partial charge is 0.387 e. The molecule has 6 heteroatoms. The van der Waals surface area contributed by atoms with Gasteiger partial charge in [-0.1, -0.05) is 19.4 Å². The molecule has 0 heterocycles. The maximum Gasteiger partial charge on any atom is 0.387 e. The van der Waals surface area contributed by atoms with Gasteiger partial charge in [0.1, 0.15) is 5.75 Å². The van der Waals surface area contributed by atoms with Gasteiger partial charge < -0.3 is 15.4 Å². The molecule has 0 saturated carbocycles. The number of hydrogen-bond acceptors (Lipinski definition) is 2. The van der Waals surface area contributed by atoms with Crippen molar-refractivity contribution in [1.29, 1.82) is 0 Å². The predicted molar refractivity (Wildman–Crippen MR) is 69.6 cm³/mol. The van der Waals surface area contributed by atoms with Crippen LogP contribution in [0, 0.1) is 0 Å². The van der Waals surface area contributed by atoms with E-state index in [2.05, 4.69) is 15.4 Å². The van der Waals surface area contributed by atoms with Crippen LogP contribution in [0.2, 0.25) is 0 Å². The minimum Gasteiger partial charge on any atom is -0.435 e. The molecule has 0 bridgehead atoms. The average Bonchev–Trinajstić information content (AvgIpc) is 2.28. The molecule has 19 heavy (non-hydrogen) atoms. The minimum absolute atomic E-state index is 0.00871. The third-order valence-electron chi connectivity index (χ3n) is 2.42. The highest BCUT2D eigenvalue weighted by Gasteiger charge is 2.08. The number of hydrogen-bond donors (Lipinski definition) is 2. The van der Waals surface area contributed by atoms with Crippen LogP contribution in [-0.4, -0.2) is 18.7 Å². The molecule has 0 aliphatic rings. The first-order valence-electron chi connectivity index (χ1n) is 6.13. The Balaban J connectivity index is 2.54. The van der Waals surface area contributed by atoms with Gasteiger partial charge in [-0.25, -0.2) is 4.79 Å². The maximum absolute atomic E-state index is 12.0. The molecule has 1 atom stereocenters. The summed E-state index contributed by atoms with van der Waals surface area (Å²) in [5.74, 6) is 0.00871. The summed E-state index contributed by atoms with van der Waals surface area (Å²) in [6.07, 6.45) is 1.85. The van der Waals surface area contributed by atoms with E-state index in [1.807, 2.05) is 13.8 Å². The van der Waals surface area contributed by atoms with Crippen LogP contribution in [0.25, 0.3) is 0 Å². The first-order chi connectivity index (χ1) is 9.01. The van der Waals surface area contributed by atoms with Gasteiger partial charge in [-0.15, -0.1) is 0 Å². The molecule has 106 valence electrons. The Morgan fingerprint density at radius 1 is 1.42 bits per heavy atom. The van der Waals surface area contributed by atoms with E-state index in [9.17, 15) is 13.6 Å². The third kappa shape index (κ3) is 6.03. The van der Waals surface area contributed by atoms with Crippen LogP contribution in [0.1, 0.15) is 26.7 Å². The van der Waals surface area contributed by atoms with Gasteiger partial charge in [-0.2, -0.15) is 8.78 Å². The Kier molecular flexibility index (Phi) is 6.05. The molecular weight excluding hydrogens is 254 g/mol. The molecule has 0 aliphatic heterocycles. The van der Waals surface area contributed by atoms with Crippen LogP contribution in [0.5, 0.6) is 5.75 Å². The normalized spacial score (nSPS) is 12.1. The van der Waals surface area contributed by atoms with Crippen LogP contribution < -0.4 is 15.4 Å². The lowest BCUT2D eigenvalue weighted by Gasteiger charge is -2.14. The molecule has 1 aromatic carbocycles. The number of amides is 2. The summed E-state index contributed by atoms with van der Waals surface area (Å²) in [7, 11) is 0. The van der Waals surface area contributed by atoms with Gasteiger partial charge in [0.15, 0.2) is 0 Å². The van der Waals surface area contributed by atoms with Gasteiger partial charge >= 0.3 is 12.6 Å². The highest BCUT2D eigenvalue weighted by molar-refractivity contribution is 5.89. The summed E-state index contributed by atoms with van der Waals surface area (Å²) in [5, 5.41) is 5.32. The lowest BCUT2D eigenvalue weighted by Crippen LogP contribution is -2.35. The quantitative estimate of drug-likeness (QED) is 0.831. The van der Waals surface area contributed by atoms with Crippen molar-refractivity contribution in [3.8, 4) is 5.75 Å². The standard InChI is InChI=1S/C13H18F2N2O2/c1-3-5-9(2)16-13(18)17-10-6-4-7-11(8-10)19-12(14)15/h4,6-9,12H,3,5H2,1-2H3,(H2,16,17,18)/t9-/m0/s1. The van der Waals surface area contributed by atoms with Gasteiger partial charge in [0, 0.05) is 17.8 Å². The van der Waals surface area contributed by atoms with Crippen molar-refractivity contribution < 1.29 is 18.3 Å². The summed E-state index contributed by atoms with van der Waals surface area (Å²) in [6, 6.07) is 5.57. The fraction of sp³-hybridized carbons (Fsp3) is 0.462. The number of anilines is 1. The molecule has 0 spiro atoms. The van der Waals surface area contributed by atoms with Crippen molar-refractivity contribution >= 4 is 11.7 Å². The largest absolute Gasteiger partial charge is 0.435 e. The molecular formula is C13H18F2N2O2. The molecule has 0 fully saturated rings. The molecule has 0 aromatic heterocycles. The number of carbonyl (C=O) groups excluding carboxylic acids is 1. The maximum atomic E-state index is 12.0. The number of ether oxygens (including phenoxy) is 1. The Hall–Kier alpha value is -1.85. The van der Waals surface area contributed by atoms with E-state index in [4.69, 9.17) is 0 Å². The van der Waals surface area contributed by atoms with Crippen molar-refractivity contribution in [1.82, 2.24) is 5.32 Å². The molecule has 0 radical (unpaired) electrons. The van der Waals surface area contributed by atoms with Crippen molar-refractivity contribution in [2.24, 2.45) is 0 Å². The Labute approximate surface area is 111 Å². The van der Waals surface area contributed by atoms with Crippen LogP contribution in [0.3, 0.4) is 0 Å². The molecule has 2 N–H and O–H groups in total. The van der Waals surface area contributed by atoms with Gasteiger partial charge in [0.25, 0.3) is 0 Å². The number of urea groups is 1. The molecule has 2 amide bonds. The topological polar surface area (TPSA) is 50.4 Å². The van der Waals surface area contributed by atoms with Crippen LogP contribution in [0.15, 0.2) is 24.3 Å². The van der Waals surface area contributed by atoms with Crippen molar-refractivity contribution in [3.63, 3.8) is 0 Å². The molecule has 1 aromatic rings. The van der Waals surface area contributed by atoms with Crippen molar-refractivity contribution in [3.05, 3.63) is 24.3 Å². The number of halogens is 2. The van der Waals surface area contributed by atoms with E-state index in [0.717, 1.165) is 12.8 Å². The van der Waals surface area contributed by atoms with Crippen molar-refractivity contribution in [2.75, 3.05) is 5.32 Å². The van der Waals surface area contributed by atoms with Crippen molar-refractivity contribution in [2.45, 2.75) is 39.3 Å². The van der Waals surface area contributed by atoms with Gasteiger partial charge in [-0.3, -0.25) is 0 Å². The fourth-order valence-corrected chi connectivity index (χ4v) is 1.65. The molecule has 0 unspecified atom stereocenters. The monoisotopic (exact) mass is 272 g/mol. The zero-order chi connectivity index (χ0) is 14.3. The SMILES string of the molecule is CCC[C@H](C)NC(=O)Nc1cccc(OC(F)F)c1. The molecule has 1 rings (SSSR count). The second kappa shape index (κ2) is 7.56. The average molecular weight is 272 g/mol. The number of alkyl halides is 2. The first-order valence-corrected chi connectivity index (χ1v) is 6.13. The summed E-state index contributed by atoms with van der Waals surface area (Å²) in [6.45, 7) is 1.05. The second-order valence-corrected chi connectivity index (χ2v) is 4.19. The number of nitrogens with one attached hydrogen (secondary N) is 2. The second-order valence-electron chi connectivity index (χ2n) is 4.19. The summed E-state index contributed by atoms with van der Waals surface area (Å²) < 4.78 is 28.4. The van der Waals surface area contributed by atoms with Gasteiger partial charge in [-0.05, 0) is 25.5 Å². The fourth-order valence-electron chi connectivity index (χ4n) is 1.65.